The van der Waals surface area contributed by atoms with Gasteiger partial charge in [-0.15, -0.1) is 0 Å². The Bertz CT molecular complexity index is 150. The average molecular weight is 277 g/mol. The van der Waals surface area contributed by atoms with E-state index in [0.717, 1.165) is 0 Å². The molecule has 0 aromatic heterocycles. The molecule has 0 amide bonds. The van der Waals surface area contributed by atoms with Crippen molar-refractivity contribution in [2.24, 2.45) is 5.92 Å². The molecule has 0 radical (unpaired) electrons. The zero-order valence-electron chi connectivity index (χ0n) is 12.6. The maximum Gasteiger partial charge on any atom is 0.0708 e. The van der Waals surface area contributed by atoms with Crippen molar-refractivity contribution in [3.8, 4) is 0 Å². The average Bonchev–Trinajstić information content (AvgIpc) is 2.36. The molecular formula is C16H33ClO. The van der Waals surface area contributed by atoms with Crippen molar-refractivity contribution in [1.82, 2.24) is 0 Å². The molecule has 0 spiro atoms. The fraction of sp³-hybridized carbons (Fsp3) is 1.00. The normalized spacial score (nSPS) is 12.8. The largest absolute Gasteiger partial charge is 0.279 e. The third-order valence-electron chi connectivity index (χ3n) is 3.65. The second-order valence-corrected chi connectivity index (χ2v) is 5.92. The third kappa shape index (κ3) is 14.3. The molecular weight excluding hydrogens is 244 g/mol. The van der Waals surface area contributed by atoms with Gasteiger partial charge in [0.1, 0.15) is 0 Å². The van der Waals surface area contributed by atoms with Gasteiger partial charge in [-0.3, -0.25) is 4.29 Å². The van der Waals surface area contributed by atoms with Gasteiger partial charge in [0.15, 0.2) is 0 Å². The Hall–Kier alpha value is 0.250. The first kappa shape index (κ1) is 18.2. The van der Waals surface area contributed by atoms with Gasteiger partial charge in [0.25, 0.3) is 0 Å². The predicted molar refractivity (Wildman–Crippen MR) is 82.0 cm³/mol. The molecule has 1 atom stereocenters. The summed E-state index contributed by atoms with van der Waals surface area (Å²) in [4.78, 5) is 0. The molecule has 18 heavy (non-hydrogen) atoms. The summed E-state index contributed by atoms with van der Waals surface area (Å²) in [6.07, 6.45) is 16.8. The molecule has 1 unspecified atom stereocenters. The molecule has 0 N–H and O–H groups in total. The van der Waals surface area contributed by atoms with E-state index in [1.165, 1.54) is 77.0 Å². The molecule has 0 bridgehead atoms. The van der Waals surface area contributed by atoms with E-state index < -0.39 is 0 Å². The van der Waals surface area contributed by atoms with Crippen LogP contribution < -0.4 is 0 Å². The molecule has 0 aliphatic heterocycles. The van der Waals surface area contributed by atoms with Gasteiger partial charge in [-0.05, 0) is 12.3 Å². The number of unbranched alkanes of at least 4 members (excludes halogenated alkanes) is 10. The fourth-order valence-electron chi connectivity index (χ4n) is 2.35. The van der Waals surface area contributed by atoms with Gasteiger partial charge in [-0.2, -0.15) is 0 Å². The van der Waals surface area contributed by atoms with Crippen LogP contribution in [0.4, 0.5) is 0 Å². The van der Waals surface area contributed by atoms with Crippen LogP contribution in [0, 0.1) is 5.92 Å². The molecule has 0 heterocycles. The Morgan fingerprint density at radius 3 is 1.67 bits per heavy atom. The molecule has 0 fully saturated rings. The van der Waals surface area contributed by atoms with E-state index in [0.29, 0.717) is 12.5 Å². The summed E-state index contributed by atoms with van der Waals surface area (Å²) in [7, 11) is 0. The van der Waals surface area contributed by atoms with Crippen molar-refractivity contribution in [3.63, 3.8) is 0 Å². The Morgan fingerprint density at radius 1 is 0.778 bits per heavy atom. The van der Waals surface area contributed by atoms with E-state index in [4.69, 9.17) is 11.9 Å². The van der Waals surface area contributed by atoms with Crippen LogP contribution in [-0.2, 0) is 4.29 Å². The Labute approximate surface area is 120 Å². The maximum absolute atomic E-state index is 5.24. The van der Waals surface area contributed by atoms with Crippen molar-refractivity contribution in [1.29, 1.82) is 0 Å². The molecule has 0 saturated heterocycles. The minimum Gasteiger partial charge on any atom is -0.279 e. The van der Waals surface area contributed by atoms with Gasteiger partial charge in [0.2, 0.25) is 0 Å². The van der Waals surface area contributed by atoms with Gasteiger partial charge in [0.05, 0.1) is 18.5 Å². The van der Waals surface area contributed by atoms with E-state index in [-0.39, 0.29) is 0 Å². The van der Waals surface area contributed by atoms with Gasteiger partial charge in [-0.1, -0.05) is 84.5 Å². The Kier molecular flexibility index (Phi) is 15.5. The second kappa shape index (κ2) is 15.3. The molecule has 0 aromatic rings. The van der Waals surface area contributed by atoms with Crippen LogP contribution >= 0.6 is 11.9 Å². The van der Waals surface area contributed by atoms with Crippen LogP contribution in [-0.4, -0.2) is 6.61 Å². The topological polar surface area (TPSA) is 9.23 Å². The van der Waals surface area contributed by atoms with Crippen molar-refractivity contribution >= 4 is 11.9 Å². The predicted octanol–water partition coefficient (Wildman–Crippen LogP) is 6.49. The maximum atomic E-state index is 5.24. The minimum atomic E-state index is 0.612. The van der Waals surface area contributed by atoms with Crippen molar-refractivity contribution in [2.45, 2.75) is 90.9 Å². The quantitative estimate of drug-likeness (QED) is 0.329. The highest BCUT2D eigenvalue weighted by Gasteiger charge is 2.01. The summed E-state index contributed by atoms with van der Waals surface area (Å²) < 4.78 is 4.63. The van der Waals surface area contributed by atoms with E-state index in [2.05, 4.69) is 18.1 Å². The molecule has 0 aromatic carbocycles. The number of halogens is 1. The zero-order chi connectivity index (χ0) is 13.5. The van der Waals surface area contributed by atoms with E-state index in [1.54, 1.807) is 0 Å². The second-order valence-electron chi connectivity index (χ2n) is 5.71. The third-order valence-corrected chi connectivity index (χ3v) is 3.77. The van der Waals surface area contributed by atoms with Crippen LogP contribution in [0.2, 0.25) is 0 Å². The first-order valence-electron chi connectivity index (χ1n) is 8.04. The summed E-state index contributed by atoms with van der Waals surface area (Å²) in [5.41, 5.74) is 0. The van der Waals surface area contributed by atoms with E-state index in [9.17, 15) is 0 Å². The van der Waals surface area contributed by atoms with Crippen LogP contribution in [0.1, 0.15) is 90.9 Å². The van der Waals surface area contributed by atoms with E-state index >= 15 is 0 Å². The highest BCUT2D eigenvalue weighted by atomic mass is 35.5. The summed E-state index contributed by atoms with van der Waals surface area (Å²) in [6.45, 7) is 5.18. The van der Waals surface area contributed by atoms with Crippen LogP contribution in [0.25, 0.3) is 0 Å². The minimum absolute atomic E-state index is 0.612. The molecule has 110 valence electrons. The smallest absolute Gasteiger partial charge is 0.0708 e. The number of hydrogen-bond donors (Lipinski definition) is 0. The van der Waals surface area contributed by atoms with Gasteiger partial charge in [-0.25, -0.2) is 0 Å². The lowest BCUT2D eigenvalue weighted by molar-refractivity contribution is 0.270. The standard InChI is InChI=1S/C16H33ClO/c1-3-4-5-6-7-8-9-10-11-12-13-14-16(2)15-18-17/h16H,3-15H2,1-2H3. The molecule has 0 aliphatic rings. The Morgan fingerprint density at radius 2 is 1.22 bits per heavy atom. The summed E-state index contributed by atoms with van der Waals surface area (Å²) >= 11 is 5.24. The SMILES string of the molecule is CCCCCCCCCCCCCC(C)COCl. The lowest BCUT2D eigenvalue weighted by Gasteiger charge is -2.08. The molecule has 2 heteroatoms. The molecule has 0 saturated carbocycles. The van der Waals surface area contributed by atoms with Gasteiger partial charge in [0, 0.05) is 0 Å². The molecule has 0 aliphatic carbocycles. The summed E-state index contributed by atoms with van der Waals surface area (Å²) in [6, 6.07) is 0. The number of rotatable bonds is 14. The molecule has 1 nitrogen and oxygen atoms in total. The van der Waals surface area contributed by atoms with Gasteiger partial charge < -0.3 is 0 Å². The van der Waals surface area contributed by atoms with Crippen molar-refractivity contribution < 1.29 is 4.29 Å². The Balaban J connectivity index is 2.98. The highest BCUT2D eigenvalue weighted by Crippen LogP contribution is 2.14. The molecule has 0 rings (SSSR count). The first-order chi connectivity index (χ1) is 8.81. The van der Waals surface area contributed by atoms with Gasteiger partial charge >= 0.3 is 0 Å². The first-order valence-corrected chi connectivity index (χ1v) is 8.35. The van der Waals surface area contributed by atoms with Crippen LogP contribution in [0.5, 0.6) is 0 Å². The van der Waals surface area contributed by atoms with Crippen LogP contribution in [0.15, 0.2) is 0 Å². The van der Waals surface area contributed by atoms with Crippen molar-refractivity contribution in [2.75, 3.05) is 6.61 Å². The van der Waals surface area contributed by atoms with E-state index in [1.807, 2.05) is 0 Å². The summed E-state index contributed by atoms with van der Waals surface area (Å²) in [5, 5.41) is 0. The summed E-state index contributed by atoms with van der Waals surface area (Å²) in [5.74, 6) is 0.612. The monoisotopic (exact) mass is 276 g/mol. The fourth-order valence-corrected chi connectivity index (χ4v) is 2.56. The van der Waals surface area contributed by atoms with Crippen molar-refractivity contribution in [3.05, 3.63) is 0 Å². The zero-order valence-corrected chi connectivity index (χ0v) is 13.3. The lowest BCUT2D eigenvalue weighted by Crippen LogP contribution is -2.00. The number of hydrogen-bond acceptors (Lipinski definition) is 1. The lowest BCUT2D eigenvalue weighted by atomic mass is 10.0. The van der Waals surface area contributed by atoms with Crippen LogP contribution in [0.3, 0.4) is 0 Å². The highest BCUT2D eigenvalue weighted by molar-refractivity contribution is 6.07.